The monoisotopic (exact) mass is 300 g/mol. The van der Waals surface area contributed by atoms with Crippen LogP contribution in [0, 0.1) is 10.1 Å². The summed E-state index contributed by atoms with van der Waals surface area (Å²) in [5.41, 5.74) is 0.230. The van der Waals surface area contributed by atoms with Crippen LogP contribution in [-0.4, -0.2) is 35.4 Å². The van der Waals surface area contributed by atoms with Crippen molar-refractivity contribution in [2.75, 3.05) is 13.7 Å². The van der Waals surface area contributed by atoms with Crippen LogP contribution >= 0.6 is 11.6 Å². The Balaban J connectivity index is 3.37. The molecule has 0 spiro atoms. The number of alkyl halides is 1. The number of carbonyl (C=O) groups excluding carboxylic acids is 2. The lowest BCUT2D eigenvalue weighted by molar-refractivity contribution is -0.484. The molecule has 0 aromatic heterocycles. The van der Waals surface area contributed by atoms with Gasteiger partial charge in [0.1, 0.15) is 0 Å². The number of benzene rings is 1. The molecule has 1 aromatic rings. The summed E-state index contributed by atoms with van der Waals surface area (Å²) in [7, 11) is 0.941. The van der Waals surface area contributed by atoms with E-state index >= 15 is 0 Å². The molecule has 7 nitrogen and oxygen atoms in total. The maximum atomic E-state index is 11.7. The summed E-state index contributed by atoms with van der Waals surface area (Å²) in [4.78, 5) is 30.3. The van der Waals surface area contributed by atoms with Crippen molar-refractivity contribution < 1.29 is 24.4 Å². The summed E-state index contributed by atoms with van der Waals surface area (Å²) in [6, 6.07) is 7.62. The van der Waals surface area contributed by atoms with Crippen LogP contribution in [0.1, 0.15) is 11.5 Å². The van der Waals surface area contributed by atoms with E-state index in [0.29, 0.717) is 0 Å². The molecule has 1 rings (SSSR count). The zero-order valence-corrected chi connectivity index (χ0v) is 11.2. The lowest BCUT2D eigenvalue weighted by atomic mass is 9.85. The van der Waals surface area contributed by atoms with Crippen LogP contribution in [0.15, 0.2) is 30.3 Å². The number of carbonyl (C=O) groups is 2. The van der Waals surface area contributed by atoms with Crippen LogP contribution in [0.5, 0.6) is 0 Å². The molecule has 0 aliphatic heterocycles. The minimum Gasteiger partial charge on any atom is -0.548 e. The maximum absolute atomic E-state index is 11.7. The number of aliphatic carboxylic acids is 1. The first kappa shape index (κ1) is 15.9. The third kappa shape index (κ3) is 3.05. The van der Waals surface area contributed by atoms with Crippen molar-refractivity contribution in [1.82, 2.24) is 0 Å². The standard InChI is InChI=1S/C12H12ClNO6/c1-20-11(17)12(13,10(15)16)9(7-14(18)19)8-5-3-2-4-6-8/h2-6,9H,7H2,1H3,(H,15,16)/p-1. The van der Waals surface area contributed by atoms with Gasteiger partial charge in [-0.2, -0.15) is 0 Å². The largest absolute Gasteiger partial charge is 0.548 e. The van der Waals surface area contributed by atoms with Gasteiger partial charge in [-0.1, -0.05) is 41.9 Å². The molecule has 20 heavy (non-hydrogen) atoms. The second kappa shape index (κ2) is 6.33. The number of carboxylic acid groups (broad SMARTS) is 1. The van der Waals surface area contributed by atoms with Crippen LogP contribution in [-0.2, 0) is 14.3 Å². The molecule has 0 aliphatic carbocycles. The van der Waals surface area contributed by atoms with Gasteiger partial charge < -0.3 is 14.6 Å². The van der Waals surface area contributed by atoms with Gasteiger partial charge in [-0.15, -0.1) is 0 Å². The second-order valence-electron chi connectivity index (χ2n) is 3.97. The van der Waals surface area contributed by atoms with Crippen molar-refractivity contribution >= 4 is 23.5 Å². The number of methoxy groups -OCH3 is 1. The van der Waals surface area contributed by atoms with E-state index in [1.54, 1.807) is 18.2 Å². The summed E-state index contributed by atoms with van der Waals surface area (Å²) in [5, 5.41) is 22.0. The minimum absolute atomic E-state index is 0.230. The zero-order valence-electron chi connectivity index (χ0n) is 10.4. The zero-order chi connectivity index (χ0) is 15.3. The second-order valence-corrected chi connectivity index (χ2v) is 4.57. The van der Waals surface area contributed by atoms with Crippen LogP contribution in [0.3, 0.4) is 0 Å². The molecule has 1 aromatic carbocycles. The highest BCUT2D eigenvalue weighted by atomic mass is 35.5. The van der Waals surface area contributed by atoms with Gasteiger partial charge in [0.2, 0.25) is 6.54 Å². The van der Waals surface area contributed by atoms with Crippen LogP contribution in [0.4, 0.5) is 0 Å². The summed E-state index contributed by atoms with van der Waals surface area (Å²) in [6.07, 6.45) is 0. The Kier molecular flexibility index (Phi) is 5.04. The molecule has 2 atom stereocenters. The van der Waals surface area contributed by atoms with E-state index in [4.69, 9.17) is 11.6 Å². The Bertz CT molecular complexity index is 520. The van der Waals surface area contributed by atoms with Crippen molar-refractivity contribution in [3.05, 3.63) is 46.0 Å². The topological polar surface area (TPSA) is 110 Å². The number of rotatable bonds is 6. The van der Waals surface area contributed by atoms with E-state index in [1.807, 2.05) is 0 Å². The van der Waals surface area contributed by atoms with E-state index in [0.717, 1.165) is 7.11 Å². The van der Waals surface area contributed by atoms with E-state index in [-0.39, 0.29) is 5.56 Å². The van der Waals surface area contributed by atoms with Crippen molar-refractivity contribution in [2.45, 2.75) is 10.8 Å². The molecule has 108 valence electrons. The highest BCUT2D eigenvalue weighted by Crippen LogP contribution is 2.35. The van der Waals surface area contributed by atoms with E-state index < -0.39 is 34.2 Å². The van der Waals surface area contributed by atoms with Gasteiger partial charge in [0.05, 0.1) is 19.0 Å². The molecule has 0 aliphatic rings. The molecule has 0 saturated carbocycles. The van der Waals surface area contributed by atoms with Crippen molar-refractivity contribution in [2.24, 2.45) is 0 Å². The summed E-state index contributed by atoms with van der Waals surface area (Å²) >= 11 is 5.83. The SMILES string of the molecule is COC(=O)C(Cl)(C(=O)[O-])C(C[N+](=O)[O-])c1ccccc1. The predicted molar refractivity (Wildman–Crippen MR) is 66.7 cm³/mol. The highest BCUT2D eigenvalue weighted by molar-refractivity contribution is 6.44. The quantitative estimate of drug-likeness (QED) is 0.239. The molecule has 0 fully saturated rings. The Labute approximate surface area is 119 Å². The van der Waals surface area contributed by atoms with E-state index in [2.05, 4.69) is 4.74 Å². The third-order valence-electron chi connectivity index (χ3n) is 2.79. The number of nitro groups is 1. The smallest absolute Gasteiger partial charge is 0.333 e. The molecule has 8 heteroatoms. The first-order valence-corrected chi connectivity index (χ1v) is 5.87. The molecular formula is C12H11ClNO6-. The van der Waals surface area contributed by atoms with E-state index in [1.165, 1.54) is 12.1 Å². The fourth-order valence-electron chi connectivity index (χ4n) is 1.81. The minimum atomic E-state index is -2.66. The van der Waals surface area contributed by atoms with Crippen LogP contribution in [0.2, 0.25) is 0 Å². The Hall–Kier alpha value is -2.15. The fraction of sp³-hybridized carbons (Fsp3) is 0.333. The molecule has 2 unspecified atom stereocenters. The number of halogens is 1. The molecule has 0 amide bonds. The molecule has 0 saturated heterocycles. The molecule has 0 radical (unpaired) electrons. The third-order valence-corrected chi connectivity index (χ3v) is 3.37. The van der Waals surface area contributed by atoms with Gasteiger partial charge in [-0.05, 0) is 5.56 Å². The maximum Gasteiger partial charge on any atom is 0.333 e. The number of carboxylic acids is 1. The lowest BCUT2D eigenvalue weighted by Crippen LogP contribution is -2.55. The number of hydrogen-bond donors (Lipinski definition) is 0. The summed E-state index contributed by atoms with van der Waals surface area (Å²) in [6.45, 7) is -0.851. The van der Waals surface area contributed by atoms with Gasteiger partial charge in [-0.25, -0.2) is 4.79 Å². The number of nitrogens with zero attached hydrogens (tertiary/aromatic N) is 1. The van der Waals surface area contributed by atoms with Gasteiger partial charge in [-0.3, -0.25) is 10.1 Å². The van der Waals surface area contributed by atoms with Crippen molar-refractivity contribution in [3.8, 4) is 0 Å². The molecule has 0 N–H and O–H groups in total. The normalized spacial score (nSPS) is 14.9. The van der Waals surface area contributed by atoms with Gasteiger partial charge >= 0.3 is 5.97 Å². The van der Waals surface area contributed by atoms with Gasteiger partial charge in [0.15, 0.2) is 4.87 Å². The lowest BCUT2D eigenvalue weighted by Gasteiger charge is -2.31. The Morgan fingerprint density at radius 3 is 2.35 bits per heavy atom. The number of ether oxygens (including phenoxy) is 1. The molecule has 0 heterocycles. The fourth-order valence-corrected chi connectivity index (χ4v) is 2.08. The van der Waals surface area contributed by atoms with Gasteiger partial charge in [0, 0.05) is 4.92 Å². The van der Waals surface area contributed by atoms with Crippen molar-refractivity contribution in [1.29, 1.82) is 0 Å². The first-order chi connectivity index (χ1) is 9.33. The van der Waals surface area contributed by atoms with Gasteiger partial charge in [0.25, 0.3) is 0 Å². The average Bonchev–Trinajstić information content (AvgIpc) is 2.43. The average molecular weight is 301 g/mol. The predicted octanol–water partition coefficient (Wildman–Crippen LogP) is -0.0526. The van der Waals surface area contributed by atoms with Crippen LogP contribution < -0.4 is 5.11 Å². The molecular weight excluding hydrogens is 290 g/mol. The van der Waals surface area contributed by atoms with Crippen LogP contribution in [0.25, 0.3) is 0 Å². The van der Waals surface area contributed by atoms with Crippen molar-refractivity contribution in [3.63, 3.8) is 0 Å². The van der Waals surface area contributed by atoms with E-state index in [9.17, 15) is 24.8 Å². The summed E-state index contributed by atoms with van der Waals surface area (Å²) in [5.74, 6) is -4.67. The summed E-state index contributed by atoms with van der Waals surface area (Å²) < 4.78 is 4.35. The number of esters is 1. The highest BCUT2D eigenvalue weighted by Gasteiger charge is 2.50. The molecule has 0 bridgehead atoms. The first-order valence-electron chi connectivity index (χ1n) is 5.49. The Morgan fingerprint density at radius 1 is 1.40 bits per heavy atom. The number of hydrogen-bond acceptors (Lipinski definition) is 6. The Morgan fingerprint density at radius 2 is 1.95 bits per heavy atom.